The molecule has 3 rings (SSSR count). The third-order valence-electron chi connectivity index (χ3n) is 3.88. The lowest BCUT2D eigenvalue weighted by atomic mass is 10.1. The highest BCUT2D eigenvalue weighted by Crippen LogP contribution is 2.18. The number of nitrogens with zero attached hydrogens (tertiary/aromatic N) is 2. The number of benzene rings is 2. The fourth-order valence-electron chi connectivity index (χ4n) is 2.44. The van der Waals surface area contributed by atoms with E-state index in [2.05, 4.69) is 38.0 Å². The lowest BCUT2D eigenvalue weighted by Crippen LogP contribution is -2.26. The molecule has 0 saturated heterocycles. The number of amides is 1. The number of nitrogens with one attached hydrogen (secondary N) is 1. The van der Waals surface area contributed by atoms with Gasteiger partial charge in [-0.15, -0.1) is 0 Å². The highest BCUT2D eigenvalue weighted by atomic mass is 127. The van der Waals surface area contributed by atoms with Crippen LogP contribution in [0.25, 0.3) is 11.4 Å². The topological polar surface area (TPSA) is 68.0 Å². The molecule has 7 heteroatoms. The summed E-state index contributed by atoms with van der Waals surface area (Å²) in [6.07, 6.45) is 0.596. The molecule has 1 heterocycles. The predicted molar refractivity (Wildman–Crippen MR) is 104 cm³/mol. The Labute approximate surface area is 164 Å². The summed E-state index contributed by atoms with van der Waals surface area (Å²) in [4.78, 5) is 16.4. The van der Waals surface area contributed by atoms with E-state index >= 15 is 0 Å². The third kappa shape index (κ3) is 4.87. The first kappa shape index (κ1) is 18.5. The molecule has 26 heavy (non-hydrogen) atoms. The van der Waals surface area contributed by atoms with Gasteiger partial charge in [-0.2, -0.15) is 4.98 Å². The maximum atomic E-state index is 13.0. The van der Waals surface area contributed by atoms with Gasteiger partial charge in [-0.25, -0.2) is 4.39 Å². The fraction of sp³-hybridized carbons (Fsp3) is 0.211. The Balaban J connectivity index is 1.53. The lowest BCUT2D eigenvalue weighted by Gasteiger charge is -2.13. The van der Waals surface area contributed by atoms with Crippen LogP contribution in [-0.4, -0.2) is 16.0 Å². The number of carbonyl (C=O) groups excluding carboxylic acids is 1. The summed E-state index contributed by atoms with van der Waals surface area (Å²) in [6.45, 7) is 1.85. The van der Waals surface area contributed by atoms with Gasteiger partial charge in [0, 0.05) is 22.0 Å². The van der Waals surface area contributed by atoms with E-state index in [4.69, 9.17) is 4.52 Å². The van der Waals surface area contributed by atoms with Crippen LogP contribution in [0.2, 0.25) is 0 Å². The Hall–Kier alpha value is -2.29. The average molecular weight is 465 g/mol. The normalized spacial score (nSPS) is 12.0. The highest BCUT2D eigenvalue weighted by molar-refractivity contribution is 14.1. The molecular formula is C19H17FIN3O2. The molecule has 0 bridgehead atoms. The van der Waals surface area contributed by atoms with Crippen molar-refractivity contribution in [2.75, 3.05) is 0 Å². The minimum atomic E-state index is -0.299. The number of aryl methyl sites for hydroxylation is 1. The van der Waals surface area contributed by atoms with Gasteiger partial charge in [0.05, 0.1) is 6.04 Å². The number of rotatable bonds is 6. The van der Waals surface area contributed by atoms with Crippen molar-refractivity contribution in [3.05, 3.63) is 69.4 Å². The van der Waals surface area contributed by atoms with Crippen molar-refractivity contribution in [1.82, 2.24) is 15.5 Å². The number of carbonyl (C=O) groups is 1. The zero-order valence-electron chi connectivity index (χ0n) is 14.1. The molecule has 0 unspecified atom stereocenters. The Kier molecular flexibility index (Phi) is 5.97. The second kappa shape index (κ2) is 8.39. The summed E-state index contributed by atoms with van der Waals surface area (Å²) in [5, 5.41) is 6.83. The van der Waals surface area contributed by atoms with Crippen LogP contribution in [0, 0.1) is 9.39 Å². The fourth-order valence-corrected chi connectivity index (χ4v) is 2.80. The number of hydrogen-bond donors (Lipinski definition) is 1. The summed E-state index contributed by atoms with van der Waals surface area (Å²) >= 11 is 2.23. The van der Waals surface area contributed by atoms with Gasteiger partial charge in [-0.05, 0) is 59.3 Å². The van der Waals surface area contributed by atoms with E-state index in [0.29, 0.717) is 18.1 Å². The first-order valence-electron chi connectivity index (χ1n) is 8.14. The monoisotopic (exact) mass is 465 g/mol. The first-order valence-corrected chi connectivity index (χ1v) is 9.22. The van der Waals surface area contributed by atoms with E-state index in [9.17, 15) is 9.18 Å². The molecule has 0 fully saturated rings. The Bertz CT molecular complexity index is 879. The van der Waals surface area contributed by atoms with Crippen molar-refractivity contribution in [3.8, 4) is 11.4 Å². The second-order valence-corrected chi connectivity index (χ2v) is 7.11. The second-order valence-electron chi connectivity index (χ2n) is 5.86. The van der Waals surface area contributed by atoms with Crippen LogP contribution in [0.4, 0.5) is 4.39 Å². The van der Waals surface area contributed by atoms with E-state index in [0.717, 1.165) is 14.7 Å². The SMILES string of the molecule is C[C@@H](NC(=O)CCc1nc(-c2ccc(I)cc2)no1)c1ccc(F)cc1. The number of aromatic nitrogens is 2. The van der Waals surface area contributed by atoms with Crippen LogP contribution in [-0.2, 0) is 11.2 Å². The van der Waals surface area contributed by atoms with E-state index in [1.54, 1.807) is 12.1 Å². The van der Waals surface area contributed by atoms with Gasteiger partial charge in [0.2, 0.25) is 17.6 Å². The Morgan fingerprint density at radius 3 is 2.58 bits per heavy atom. The lowest BCUT2D eigenvalue weighted by molar-refractivity contribution is -0.121. The maximum absolute atomic E-state index is 13.0. The van der Waals surface area contributed by atoms with E-state index in [-0.39, 0.29) is 24.2 Å². The summed E-state index contributed by atoms with van der Waals surface area (Å²) < 4.78 is 19.3. The van der Waals surface area contributed by atoms with Gasteiger partial charge in [-0.1, -0.05) is 29.4 Å². The third-order valence-corrected chi connectivity index (χ3v) is 4.60. The molecule has 1 atom stereocenters. The van der Waals surface area contributed by atoms with Crippen LogP contribution >= 0.6 is 22.6 Å². The molecule has 134 valence electrons. The van der Waals surface area contributed by atoms with Gasteiger partial charge in [0.25, 0.3) is 0 Å². The van der Waals surface area contributed by atoms with E-state index in [1.165, 1.54) is 12.1 Å². The summed E-state index contributed by atoms with van der Waals surface area (Å²) in [5.74, 6) is 0.503. The minimum Gasteiger partial charge on any atom is -0.350 e. The molecule has 0 aliphatic rings. The van der Waals surface area contributed by atoms with Gasteiger partial charge in [0.15, 0.2) is 0 Å². The van der Waals surface area contributed by atoms with Crippen LogP contribution in [0.1, 0.15) is 30.8 Å². The average Bonchev–Trinajstić information content (AvgIpc) is 3.10. The van der Waals surface area contributed by atoms with Gasteiger partial charge < -0.3 is 9.84 Å². The standard InChI is InChI=1S/C19H17FIN3O2/c1-12(13-2-6-15(20)7-3-13)22-17(25)10-11-18-23-19(24-26-18)14-4-8-16(21)9-5-14/h2-9,12H,10-11H2,1H3,(H,22,25)/t12-/m1/s1. The predicted octanol–water partition coefficient (Wildman–Crippen LogP) is 4.29. The Morgan fingerprint density at radius 2 is 1.88 bits per heavy atom. The van der Waals surface area contributed by atoms with E-state index < -0.39 is 0 Å². The molecule has 1 amide bonds. The largest absolute Gasteiger partial charge is 0.350 e. The van der Waals surface area contributed by atoms with Crippen LogP contribution in [0.15, 0.2) is 53.1 Å². The van der Waals surface area contributed by atoms with Crippen molar-refractivity contribution < 1.29 is 13.7 Å². The smallest absolute Gasteiger partial charge is 0.227 e. The Morgan fingerprint density at radius 1 is 1.19 bits per heavy atom. The van der Waals surface area contributed by atoms with Gasteiger partial charge in [-0.3, -0.25) is 4.79 Å². The van der Waals surface area contributed by atoms with Gasteiger partial charge in [0.1, 0.15) is 5.82 Å². The first-order chi connectivity index (χ1) is 12.5. The molecule has 0 radical (unpaired) electrons. The van der Waals surface area contributed by atoms with Crippen molar-refractivity contribution in [2.24, 2.45) is 0 Å². The van der Waals surface area contributed by atoms with Crippen LogP contribution in [0.5, 0.6) is 0 Å². The highest BCUT2D eigenvalue weighted by Gasteiger charge is 2.13. The maximum Gasteiger partial charge on any atom is 0.227 e. The zero-order valence-corrected chi connectivity index (χ0v) is 16.2. The molecule has 3 aromatic rings. The molecule has 0 aliphatic carbocycles. The molecule has 0 saturated carbocycles. The molecule has 2 aromatic carbocycles. The van der Waals surface area contributed by atoms with Crippen LogP contribution in [0.3, 0.4) is 0 Å². The van der Waals surface area contributed by atoms with Crippen molar-refractivity contribution in [1.29, 1.82) is 0 Å². The summed E-state index contributed by atoms with van der Waals surface area (Å²) in [6, 6.07) is 13.7. The van der Waals surface area contributed by atoms with Crippen molar-refractivity contribution in [2.45, 2.75) is 25.8 Å². The minimum absolute atomic E-state index is 0.129. The van der Waals surface area contributed by atoms with Gasteiger partial charge >= 0.3 is 0 Å². The zero-order chi connectivity index (χ0) is 18.5. The molecule has 5 nitrogen and oxygen atoms in total. The van der Waals surface area contributed by atoms with Crippen molar-refractivity contribution in [3.63, 3.8) is 0 Å². The summed E-state index contributed by atoms with van der Waals surface area (Å²) in [7, 11) is 0. The van der Waals surface area contributed by atoms with E-state index in [1.807, 2.05) is 31.2 Å². The molecule has 1 N–H and O–H groups in total. The van der Waals surface area contributed by atoms with Crippen molar-refractivity contribution >= 4 is 28.5 Å². The molecule has 0 spiro atoms. The summed E-state index contributed by atoms with van der Waals surface area (Å²) in [5.41, 5.74) is 1.72. The van der Waals surface area contributed by atoms with Crippen LogP contribution < -0.4 is 5.32 Å². The quantitative estimate of drug-likeness (QED) is 0.552. The number of hydrogen-bond acceptors (Lipinski definition) is 4. The molecular weight excluding hydrogens is 448 g/mol. The molecule has 1 aromatic heterocycles. The molecule has 0 aliphatic heterocycles. The number of halogens is 2.